The second kappa shape index (κ2) is 5.92. The summed E-state index contributed by atoms with van der Waals surface area (Å²) in [6.07, 6.45) is 3.42. The summed E-state index contributed by atoms with van der Waals surface area (Å²) in [4.78, 5) is 26.1. The first kappa shape index (κ1) is 13.7. The maximum absolute atomic E-state index is 11.9. The smallest absolute Gasteiger partial charge is 0.271 e. The Hall–Kier alpha value is -2.76. The number of benzene rings is 1. The topological polar surface area (TPSA) is 85.1 Å². The van der Waals surface area contributed by atoms with Crippen LogP contribution in [0, 0.1) is 17.0 Å². The molecule has 0 atom stereocenters. The summed E-state index contributed by atoms with van der Waals surface area (Å²) in [5.74, 6) is -0.235. The van der Waals surface area contributed by atoms with Crippen molar-refractivity contribution in [3.63, 3.8) is 0 Å². The van der Waals surface area contributed by atoms with Crippen molar-refractivity contribution in [1.29, 1.82) is 0 Å². The molecule has 0 radical (unpaired) electrons. The molecule has 1 aromatic heterocycles. The maximum Gasteiger partial charge on any atom is 0.271 e. The van der Waals surface area contributed by atoms with Crippen LogP contribution in [0.2, 0.25) is 0 Å². The number of rotatable bonds is 4. The zero-order valence-electron chi connectivity index (χ0n) is 10.9. The normalized spacial score (nSPS) is 10.1. The highest BCUT2D eigenvalue weighted by molar-refractivity contribution is 5.93. The molecule has 0 saturated heterocycles. The Morgan fingerprint density at radius 1 is 1.40 bits per heavy atom. The molecule has 1 amide bonds. The van der Waals surface area contributed by atoms with Crippen molar-refractivity contribution in [2.24, 2.45) is 0 Å². The van der Waals surface area contributed by atoms with Gasteiger partial charge in [-0.3, -0.25) is 19.9 Å². The van der Waals surface area contributed by atoms with Crippen LogP contribution < -0.4 is 5.32 Å². The van der Waals surface area contributed by atoms with Gasteiger partial charge in [-0.05, 0) is 24.1 Å². The number of amides is 1. The molecule has 0 aliphatic carbocycles. The lowest BCUT2D eigenvalue weighted by atomic mass is 10.1. The molecule has 0 spiro atoms. The van der Waals surface area contributed by atoms with E-state index in [1.807, 2.05) is 0 Å². The molecule has 2 aromatic rings. The number of carbonyl (C=O) groups excluding carboxylic acids is 1. The van der Waals surface area contributed by atoms with Crippen LogP contribution in [-0.2, 0) is 11.2 Å². The Morgan fingerprint density at radius 2 is 2.20 bits per heavy atom. The fourth-order valence-corrected chi connectivity index (χ4v) is 1.74. The molecule has 102 valence electrons. The first-order chi connectivity index (χ1) is 9.56. The van der Waals surface area contributed by atoms with Crippen LogP contribution >= 0.6 is 0 Å². The maximum atomic E-state index is 11.9. The zero-order valence-corrected chi connectivity index (χ0v) is 10.9. The highest BCUT2D eigenvalue weighted by Gasteiger charge is 2.11. The number of carbonyl (C=O) groups is 1. The van der Waals surface area contributed by atoms with E-state index in [2.05, 4.69) is 10.3 Å². The van der Waals surface area contributed by atoms with Crippen molar-refractivity contribution in [3.8, 4) is 0 Å². The number of aromatic nitrogens is 1. The van der Waals surface area contributed by atoms with E-state index in [4.69, 9.17) is 0 Å². The second-order valence-corrected chi connectivity index (χ2v) is 4.34. The van der Waals surface area contributed by atoms with Crippen molar-refractivity contribution < 1.29 is 9.72 Å². The number of aryl methyl sites for hydroxylation is 1. The van der Waals surface area contributed by atoms with Gasteiger partial charge in [0.25, 0.3) is 5.69 Å². The molecule has 20 heavy (non-hydrogen) atoms. The standard InChI is InChI=1S/C14H13N3O3/c1-10-4-5-12(17(19)20)8-13(10)16-14(18)7-11-3-2-6-15-9-11/h2-6,8-9H,7H2,1H3,(H,16,18). The van der Waals surface area contributed by atoms with Gasteiger partial charge in [0.15, 0.2) is 0 Å². The molecule has 6 nitrogen and oxygen atoms in total. The van der Waals surface area contributed by atoms with E-state index in [-0.39, 0.29) is 18.0 Å². The highest BCUT2D eigenvalue weighted by atomic mass is 16.6. The largest absolute Gasteiger partial charge is 0.325 e. The quantitative estimate of drug-likeness (QED) is 0.683. The lowest BCUT2D eigenvalue weighted by molar-refractivity contribution is -0.384. The summed E-state index contributed by atoms with van der Waals surface area (Å²) in [7, 11) is 0. The van der Waals surface area contributed by atoms with Crippen LogP contribution in [-0.4, -0.2) is 15.8 Å². The van der Waals surface area contributed by atoms with Crippen molar-refractivity contribution in [1.82, 2.24) is 4.98 Å². The number of nitrogens with zero attached hydrogens (tertiary/aromatic N) is 2. The molecule has 0 unspecified atom stereocenters. The van der Waals surface area contributed by atoms with Gasteiger partial charge in [0.2, 0.25) is 5.91 Å². The van der Waals surface area contributed by atoms with Gasteiger partial charge in [0, 0.05) is 24.5 Å². The van der Waals surface area contributed by atoms with Crippen molar-refractivity contribution >= 4 is 17.3 Å². The Bertz CT molecular complexity index is 641. The predicted octanol–water partition coefficient (Wildman–Crippen LogP) is 2.48. The van der Waals surface area contributed by atoms with E-state index in [1.54, 1.807) is 37.5 Å². The highest BCUT2D eigenvalue weighted by Crippen LogP contribution is 2.21. The Labute approximate surface area is 115 Å². The van der Waals surface area contributed by atoms with Crippen LogP contribution in [0.4, 0.5) is 11.4 Å². The minimum Gasteiger partial charge on any atom is -0.325 e. The van der Waals surface area contributed by atoms with Gasteiger partial charge in [-0.2, -0.15) is 0 Å². The minimum atomic E-state index is -0.490. The SMILES string of the molecule is Cc1ccc([N+](=O)[O-])cc1NC(=O)Cc1cccnc1. The fourth-order valence-electron chi connectivity index (χ4n) is 1.74. The summed E-state index contributed by atoms with van der Waals surface area (Å²) in [5, 5.41) is 13.4. The minimum absolute atomic E-state index is 0.0488. The second-order valence-electron chi connectivity index (χ2n) is 4.34. The monoisotopic (exact) mass is 271 g/mol. The number of pyridine rings is 1. The first-order valence-electron chi connectivity index (χ1n) is 6.00. The molecule has 0 aliphatic rings. The molecule has 0 fully saturated rings. The Balaban J connectivity index is 2.11. The predicted molar refractivity (Wildman–Crippen MR) is 74.4 cm³/mol. The van der Waals surface area contributed by atoms with Gasteiger partial charge in [-0.25, -0.2) is 0 Å². The lowest BCUT2D eigenvalue weighted by Gasteiger charge is -2.08. The van der Waals surface area contributed by atoms with Gasteiger partial charge in [-0.15, -0.1) is 0 Å². The van der Waals surface area contributed by atoms with Gasteiger partial charge < -0.3 is 5.32 Å². The number of non-ortho nitro benzene ring substituents is 1. The van der Waals surface area contributed by atoms with Gasteiger partial charge in [0.05, 0.1) is 17.0 Å². The first-order valence-corrected chi connectivity index (χ1v) is 6.00. The molecule has 2 rings (SSSR count). The van der Waals surface area contributed by atoms with Crippen LogP contribution in [0.15, 0.2) is 42.7 Å². The van der Waals surface area contributed by atoms with Crippen LogP contribution in [0.5, 0.6) is 0 Å². The van der Waals surface area contributed by atoms with E-state index >= 15 is 0 Å². The van der Waals surface area contributed by atoms with Crippen molar-refractivity contribution in [2.45, 2.75) is 13.3 Å². The average molecular weight is 271 g/mol. The van der Waals surface area contributed by atoms with Crippen molar-refractivity contribution in [3.05, 3.63) is 64.0 Å². The van der Waals surface area contributed by atoms with Gasteiger partial charge in [0.1, 0.15) is 0 Å². The lowest BCUT2D eigenvalue weighted by Crippen LogP contribution is -2.15. The van der Waals surface area contributed by atoms with E-state index in [9.17, 15) is 14.9 Å². The van der Waals surface area contributed by atoms with Crippen molar-refractivity contribution in [2.75, 3.05) is 5.32 Å². The Morgan fingerprint density at radius 3 is 2.85 bits per heavy atom. The summed E-state index contributed by atoms with van der Waals surface area (Å²) in [5.41, 5.74) is 1.96. The third-order valence-electron chi connectivity index (χ3n) is 2.79. The number of hydrogen-bond acceptors (Lipinski definition) is 4. The molecular weight excluding hydrogens is 258 g/mol. The number of anilines is 1. The molecule has 1 heterocycles. The van der Waals surface area contributed by atoms with Gasteiger partial charge >= 0.3 is 0 Å². The summed E-state index contributed by atoms with van der Waals surface area (Å²) < 4.78 is 0. The average Bonchev–Trinajstić information content (AvgIpc) is 2.42. The van der Waals surface area contributed by atoms with Crippen LogP contribution in [0.25, 0.3) is 0 Å². The molecular formula is C14H13N3O3. The molecule has 0 bridgehead atoms. The zero-order chi connectivity index (χ0) is 14.5. The number of nitrogens with one attached hydrogen (secondary N) is 1. The molecule has 0 aliphatic heterocycles. The number of hydrogen-bond donors (Lipinski definition) is 1. The summed E-state index contributed by atoms with van der Waals surface area (Å²) in [6, 6.07) is 7.93. The summed E-state index contributed by atoms with van der Waals surface area (Å²) in [6.45, 7) is 1.78. The van der Waals surface area contributed by atoms with E-state index < -0.39 is 4.92 Å². The van der Waals surface area contributed by atoms with E-state index in [1.165, 1.54) is 12.1 Å². The van der Waals surface area contributed by atoms with Gasteiger partial charge in [-0.1, -0.05) is 12.1 Å². The number of nitro benzene ring substituents is 1. The van der Waals surface area contributed by atoms with E-state index in [0.29, 0.717) is 5.69 Å². The van der Waals surface area contributed by atoms with Crippen LogP contribution in [0.1, 0.15) is 11.1 Å². The third kappa shape index (κ3) is 3.38. The molecule has 6 heteroatoms. The Kier molecular flexibility index (Phi) is 4.05. The van der Waals surface area contributed by atoms with E-state index in [0.717, 1.165) is 11.1 Å². The number of nitro groups is 1. The fraction of sp³-hybridized carbons (Fsp3) is 0.143. The molecule has 1 aromatic carbocycles. The van der Waals surface area contributed by atoms with Crippen LogP contribution in [0.3, 0.4) is 0 Å². The molecule has 1 N–H and O–H groups in total. The third-order valence-corrected chi connectivity index (χ3v) is 2.79. The molecule has 0 saturated carbocycles. The summed E-state index contributed by atoms with van der Waals surface area (Å²) >= 11 is 0.